The van der Waals surface area contributed by atoms with Crippen molar-refractivity contribution in [2.45, 2.75) is 19.0 Å². The van der Waals surface area contributed by atoms with E-state index in [2.05, 4.69) is 42.4 Å². The second-order valence-corrected chi connectivity index (χ2v) is 8.24. The van der Waals surface area contributed by atoms with E-state index in [1.165, 1.54) is 41.8 Å². The van der Waals surface area contributed by atoms with E-state index in [1.807, 2.05) is 6.08 Å². The number of thiocarbonyl (C=S) groups is 1. The Bertz CT molecular complexity index is 1630. The van der Waals surface area contributed by atoms with E-state index in [-0.39, 0.29) is 36.3 Å². The first-order valence-corrected chi connectivity index (χ1v) is 12.1. The number of carbonyl (C=O) groups is 2. The molecule has 2 N–H and O–H groups in total. The zero-order chi connectivity index (χ0) is 30.7. The predicted octanol–water partition coefficient (Wildman–Crippen LogP) is 5.52. The topological polar surface area (TPSA) is 175 Å². The van der Waals surface area contributed by atoms with Gasteiger partial charge in [0.25, 0.3) is 0 Å². The van der Waals surface area contributed by atoms with Gasteiger partial charge in [0.05, 0.1) is 39.6 Å². The van der Waals surface area contributed by atoms with Crippen LogP contribution in [0.1, 0.15) is 44.9 Å². The van der Waals surface area contributed by atoms with Crippen molar-refractivity contribution in [2.24, 2.45) is 4.99 Å². The summed E-state index contributed by atoms with van der Waals surface area (Å²) in [7, 11) is 0. The van der Waals surface area contributed by atoms with Gasteiger partial charge in [-0.15, -0.1) is 0 Å². The Labute approximate surface area is 259 Å². The van der Waals surface area contributed by atoms with Gasteiger partial charge in [-0.2, -0.15) is 18.3 Å². The summed E-state index contributed by atoms with van der Waals surface area (Å²) in [6, 6.07) is 11.4. The summed E-state index contributed by atoms with van der Waals surface area (Å²) in [6.07, 6.45) is 3.68. The number of hydrogen-bond acceptors (Lipinski definition) is 8. The van der Waals surface area contributed by atoms with E-state index >= 15 is 0 Å². The maximum Gasteiger partial charge on any atom is 2.00 e. The molecule has 1 aliphatic rings. The Kier molecular flexibility index (Phi) is 12.8. The molecule has 16 heteroatoms. The minimum atomic E-state index is -4.50. The van der Waals surface area contributed by atoms with Crippen LogP contribution in [0.15, 0.2) is 72.0 Å². The zero-order valence-electron chi connectivity index (χ0n) is 21.6. The fourth-order valence-corrected chi connectivity index (χ4v) is 3.37. The number of aromatic carboxylic acids is 2. The zero-order valence-corrected chi connectivity index (χ0v) is 24.1. The first-order valence-electron chi connectivity index (χ1n) is 11.7. The van der Waals surface area contributed by atoms with E-state index in [1.54, 1.807) is 24.4 Å². The number of halogens is 3. The van der Waals surface area contributed by atoms with Gasteiger partial charge in [0.1, 0.15) is 5.69 Å². The number of isothiocyanates is 1. The van der Waals surface area contributed by atoms with Gasteiger partial charge in [-0.05, 0) is 55.3 Å². The molecule has 0 fully saturated rings. The largest absolute Gasteiger partial charge is 2.00 e. The van der Waals surface area contributed by atoms with Crippen molar-refractivity contribution in [3.63, 3.8) is 0 Å². The standard InChI is InChI=1S/C14H10F3N4.C12H8N2O4.CNS.Ru/c15-14(16,17)13-8-12(20-21-13)11-6-3-5-10(19-11)9-4-1-2-7-18-9;15-11(16)7-1-3-13-9(5-7)10-6-8(12(17)18)2-4-14-10;2-1-3;/h3-8H,1-2H2;1-6H,(H,15,16)(H,17,18);;/q-1;;-1;+2. The fourth-order valence-electron chi connectivity index (χ4n) is 3.37. The summed E-state index contributed by atoms with van der Waals surface area (Å²) in [5.74, 6) is -2.15. The number of allylic oxidation sites excluding steroid dienone is 1. The first-order chi connectivity index (χ1) is 20.0. The molecule has 0 atom stereocenters. The molecule has 11 nitrogen and oxygen atoms in total. The Hall–Kier alpha value is -4.78. The summed E-state index contributed by atoms with van der Waals surface area (Å²) >= 11 is 3.70. The second-order valence-electron chi connectivity index (χ2n) is 8.06. The van der Waals surface area contributed by atoms with Crippen LogP contribution in [0.4, 0.5) is 13.2 Å². The Morgan fingerprint density at radius 1 is 0.907 bits per heavy atom. The van der Waals surface area contributed by atoms with Crippen LogP contribution in [0.2, 0.25) is 0 Å². The van der Waals surface area contributed by atoms with Crippen molar-refractivity contribution >= 4 is 41.2 Å². The van der Waals surface area contributed by atoms with E-state index in [0.29, 0.717) is 22.8 Å². The molecule has 5 heterocycles. The summed E-state index contributed by atoms with van der Waals surface area (Å²) in [6.45, 7) is 0. The maximum absolute atomic E-state index is 12.5. The van der Waals surface area contributed by atoms with Gasteiger partial charge >= 0.3 is 37.6 Å². The molecule has 0 radical (unpaired) electrons. The van der Waals surface area contributed by atoms with E-state index in [9.17, 15) is 22.8 Å². The molecule has 0 aromatic carbocycles. The number of nitrogens with zero attached hydrogens (tertiary/aromatic N) is 7. The minimum Gasteiger partial charge on any atom is -0.753 e. The summed E-state index contributed by atoms with van der Waals surface area (Å²) < 4.78 is 37.6. The summed E-state index contributed by atoms with van der Waals surface area (Å²) in [4.78, 5) is 38.1. The Balaban J connectivity index is 0.000000272. The number of pyridine rings is 3. The predicted molar refractivity (Wildman–Crippen MR) is 149 cm³/mol. The average Bonchev–Trinajstić information content (AvgIpc) is 3.50. The number of rotatable bonds is 5. The van der Waals surface area contributed by atoms with Crippen molar-refractivity contribution < 1.29 is 52.5 Å². The fraction of sp³-hybridized carbons (Fsp3) is 0.111. The van der Waals surface area contributed by atoms with Crippen LogP contribution in [0.3, 0.4) is 0 Å². The normalized spacial score (nSPS) is 11.7. The third-order valence-electron chi connectivity index (χ3n) is 5.24. The molecular formula is C27H18F3N7O4RuS. The molecule has 5 rings (SSSR count). The summed E-state index contributed by atoms with van der Waals surface area (Å²) in [5, 5.41) is 32.9. The van der Waals surface area contributed by atoms with Crippen molar-refractivity contribution in [3.05, 3.63) is 94.9 Å². The van der Waals surface area contributed by atoms with Crippen molar-refractivity contribution in [2.75, 3.05) is 0 Å². The quantitative estimate of drug-likeness (QED) is 0.154. The number of carboxylic acid groups (broad SMARTS) is 2. The van der Waals surface area contributed by atoms with Crippen LogP contribution >= 0.6 is 12.2 Å². The van der Waals surface area contributed by atoms with E-state index in [0.717, 1.165) is 24.6 Å². The molecule has 4 aromatic heterocycles. The third-order valence-corrected chi connectivity index (χ3v) is 5.24. The Morgan fingerprint density at radius 2 is 1.47 bits per heavy atom. The van der Waals surface area contributed by atoms with Crippen molar-refractivity contribution in [1.29, 1.82) is 0 Å². The van der Waals surface area contributed by atoms with Crippen LogP contribution in [0.5, 0.6) is 0 Å². The molecule has 0 aliphatic carbocycles. The molecule has 0 saturated heterocycles. The van der Waals surface area contributed by atoms with Gasteiger partial charge in [-0.1, -0.05) is 30.1 Å². The van der Waals surface area contributed by atoms with Gasteiger partial charge in [-0.3, -0.25) is 15.0 Å². The van der Waals surface area contributed by atoms with Crippen molar-refractivity contribution in [1.82, 2.24) is 25.1 Å². The molecule has 0 saturated carbocycles. The third kappa shape index (κ3) is 9.92. The molecule has 0 amide bonds. The van der Waals surface area contributed by atoms with Crippen molar-refractivity contribution in [3.8, 4) is 22.8 Å². The van der Waals surface area contributed by atoms with E-state index < -0.39 is 23.8 Å². The van der Waals surface area contributed by atoms with Crippen LogP contribution < -0.4 is 5.10 Å². The van der Waals surface area contributed by atoms with E-state index in [4.69, 9.17) is 15.6 Å². The van der Waals surface area contributed by atoms with Crippen LogP contribution in [-0.2, 0) is 25.7 Å². The van der Waals surface area contributed by atoms with Gasteiger partial charge in [0.15, 0.2) is 0 Å². The van der Waals surface area contributed by atoms with Gasteiger partial charge in [0.2, 0.25) is 0 Å². The number of alkyl halides is 3. The van der Waals surface area contributed by atoms with Gasteiger partial charge in [0, 0.05) is 18.6 Å². The number of aromatic nitrogens is 5. The smallest absolute Gasteiger partial charge is 0.753 e. The first kappa shape index (κ1) is 34.4. The average molecular weight is 695 g/mol. The van der Waals surface area contributed by atoms with Crippen LogP contribution in [-0.4, -0.2) is 53.6 Å². The van der Waals surface area contributed by atoms with Crippen LogP contribution in [0.25, 0.3) is 33.9 Å². The number of aliphatic imine (C=N–C) groups is 1. The molecule has 220 valence electrons. The minimum absolute atomic E-state index is 0. The monoisotopic (exact) mass is 695 g/mol. The molecular weight excluding hydrogens is 676 g/mol. The number of carboxylic acids is 2. The molecule has 4 aromatic rings. The molecule has 0 spiro atoms. The van der Waals surface area contributed by atoms with Crippen LogP contribution in [0, 0.1) is 0 Å². The second kappa shape index (κ2) is 16.0. The SMILES string of the molecule is FC(F)(F)c1cc(-c2cccc(C3=CCCC=N3)n2)[n-]n1.O=C(O)c1ccnc(-c2cc(C(=O)O)ccn2)c1.[N-]=C=S.[Ru+2]. The molecule has 43 heavy (non-hydrogen) atoms. The molecule has 0 bridgehead atoms. The van der Waals surface area contributed by atoms with Gasteiger partial charge in [-0.25, -0.2) is 14.6 Å². The summed E-state index contributed by atoms with van der Waals surface area (Å²) in [5.41, 5.74) is 1.54. The molecule has 1 aliphatic heterocycles. The maximum atomic E-state index is 12.5. The van der Waals surface area contributed by atoms with Gasteiger partial charge < -0.3 is 25.8 Å². The number of hydrogen-bond donors (Lipinski definition) is 2. The Morgan fingerprint density at radius 3 is 1.93 bits per heavy atom. The molecule has 0 unspecified atom stereocenters.